The molecule has 1 heterocycles. The van der Waals surface area contributed by atoms with Gasteiger partial charge in [-0.05, 0) is 32.2 Å². The second-order valence-corrected chi connectivity index (χ2v) is 7.30. The van der Waals surface area contributed by atoms with Crippen molar-refractivity contribution in [2.75, 3.05) is 39.3 Å². The van der Waals surface area contributed by atoms with E-state index >= 15 is 0 Å². The van der Waals surface area contributed by atoms with E-state index in [0.29, 0.717) is 17.5 Å². The van der Waals surface area contributed by atoms with Crippen molar-refractivity contribution >= 4 is 0 Å². The molecule has 0 aromatic heterocycles. The molecule has 1 N–H and O–H groups in total. The molecule has 0 radical (unpaired) electrons. The summed E-state index contributed by atoms with van der Waals surface area (Å²) in [6.07, 6.45) is 1.22. The number of nitrogens with one attached hydrogen (secondary N) is 1. The first-order valence-corrected chi connectivity index (χ1v) is 8.04. The summed E-state index contributed by atoms with van der Waals surface area (Å²) in [4.78, 5) is 5.22. The summed E-state index contributed by atoms with van der Waals surface area (Å²) in [5.41, 5.74) is 0.338. The van der Waals surface area contributed by atoms with Crippen LogP contribution in [0.2, 0.25) is 0 Å². The smallest absolute Gasteiger partial charge is 0.0243 e. The Hall–Kier alpha value is -0.120. The van der Waals surface area contributed by atoms with Crippen LogP contribution in [0.25, 0.3) is 0 Å². The molecule has 1 aliphatic heterocycles. The van der Waals surface area contributed by atoms with E-state index in [1.54, 1.807) is 0 Å². The highest BCUT2D eigenvalue weighted by Crippen LogP contribution is 2.21. The lowest BCUT2D eigenvalue weighted by Gasteiger charge is -2.41. The summed E-state index contributed by atoms with van der Waals surface area (Å²) in [5, 5.41) is 3.74. The van der Waals surface area contributed by atoms with E-state index in [-0.39, 0.29) is 0 Å². The molecule has 3 nitrogen and oxygen atoms in total. The monoisotopic (exact) mass is 269 g/mol. The quantitative estimate of drug-likeness (QED) is 0.799. The summed E-state index contributed by atoms with van der Waals surface area (Å²) in [6.45, 7) is 21.1. The molecule has 1 fully saturated rings. The van der Waals surface area contributed by atoms with Gasteiger partial charge in [0.25, 0.3) is 0 Å². The van der Waals surface area contributed by atoms with Crippen molar-refractivity contribution in [3.05, 3.63) is 0 Å². The molecule has 0 aromatic carbocycles. The summed E-state index contributed by atoms with van der Waals surface area (Å²) in [5.74, 6) is 0. The lowest BCUT2D eigenvalue weighted by atomic mass is 9.86. The van der Waals surface area contributed by atoms with Gasteiger partial charge in [0.2, 0.25) is 0 Å². The van der Waals surface area contributed by atoms with Crippen molar-refractivity contribution in [1.82, 2.24) is 15.1 Å². The Morgan fingerprint density at radius 3 is 2.05 bits per heavy atom. The van der Waals surface area contributed by atoms with Crippen molar-refractivity contribution in [2.45, 2.75) is 60.0 Å². The molecule has 0 aliphatic carbocycles. The SMILES string of the molecule is CCCNC(CN1CCN(C(C)C)CC1)C(C)(C)C. The molecular weight excluding hydrogens is 234 g/mol. The highest BCUT2D eigenvalue weighted by molar-refractivity contribution is 4.85. The molecule has 0 bridgehead atoms. The van der Waals surface area contributed by atoms with Crippen LogP contribution in [-0.4, -0.2) is 61.2 Å². The molecule has 3 heteroatoms. The Kier molecular flexibility index (Phi) is 6.78. The fourth-order valence-electron chi connectivity index (χ4n) is 2.68. The topological polar surface area (TPSA) is 18.5 Å². The Balaban J connectivity index is 2.43. The Bertz CT molecular complexity index is 237. The molecule has 0 amide bonds. The molecule has 0 saturated carbocycles. The van der Waals surface area contributed by atoms with Gasteiger partial charge in [0.15, 0.2) is 0 Å². The maximum atomic E-state index is 3.74. The lowest BCUT2D eigenvalue weighted by Crippen LogP contribution is -2.54. The normalized spacial score (nSPS) is 21.0. The van der Waals surface area contributed by atoms with Crippen LogP contribution in [0.15, 0.2) is 0 Å². The van der Waals surface area contributed by atoms with Crippen molar-refractivity contribution in [1.29, 1.82) is 0 Å². The minimum absolute atomic E-state index is 0.338. The van der Waals surface area contributed by atoms with Gasteiger partial charge in [-0.15, -0.1) is 0 Å². The third-order valence-electron chi connectivity index (χ3n) is 4.26. The van der Waals surface area contributed by atoms with Gasteiger partial charge < -0.3 is 5.32 Å². The van der Waals surface area contributed by atoms with Crippen LogP contribution < -0.4 is 5.32 Å². The van der Waals surface area contributed by atoms with Crippen LogP contribution in [0.1, 0.15) is 48.0 Å². The molecule has 1 rings (SSSR count). The van der Waals surface area contributed by atoms with Gasteiger partial charge in [-0.2, -0.15) is 0 Å². The average Bonchev–Trinajstić information content (AvgIpc) is 2.33. The van der Waals surface area contributed by atoms with Crippen LogP contribution >= 0.6 is 0 Å². The maximum Gasteiger partial charge on any atom is 0.0243 e. The second kappa shape index (κ2) is 7.61. The van der Waals surface area contributed by atoms with Crippen LogP contribution in [0.5, 0.6) is 0 Å². The van der Waals surface area contributed by atoms with Gasteiger partial charge in [0.1, 0.15) is 0 Å². The Morgan fingerprint density at radius 2 is 1.63 bits per heavy atom. The van der Waals surface area contributed by atoms with Crippen LogP contribution in [0.4, 0.5) is 0 Å². The van der Waals surface area contributed by atoms with Crippen molar-refractivity contribution in [2.24, 2.45) is 5.41 Å². The molecule has 114 valence electrons. The van der Waals surface area contributed by atoms with Crippen LogP contribution in [0, 0.1) is 5.41 Å². The summed E-state index contributed by atoms with van der Waals surface area (Å²) in [6, 6.07) is 1.29. The van der Waals surface area contributed by atoms with Crippen LogP contribution in [0.3, 0.4) is 0 Å². The van der Waals surface area contributed by atoms with E-state index in [2.05, 4.69) is 56.7 Å². The molecular formula is C16H35N3. The molecule has 1 atom stereocenters. The van der Waals surface area contributed by atoms with Gasteiger partial charge in [0, 0.05) is 44.8 Å². The number of nitrogens with zero attached hydrogens (tertiary/aromatic N) is 2. The fourth-order valence-corrected chi connectivity index (χ4v) is 2.68. The highest BCUT2D eigenvalue weighted by atomic mass is 15.3. The zero-order valence-electron chi connectivity index (χ0n) is 14.0. The number of piperazine rings is 1. The first kappa shape index (κ1) is 16.9. The Morgan fingerprint density at radius 1 is 1.05 bits per heavy atom. The average molecular weight is 269 g/mol. The molecule has 19 heavy (non-hydrogen) atoms. The van der Waals surface area contributed by atoms with Gasteiger partial charge >= 0.3 is 0 Å². The van der Waals surface area contributed by atoms with Gasteiger partial charge in [-0.3, -0.25) is 9.80 Å². The van der Waals surface area contributed by atoms with E-state index < -0.39 is 0 Å². The number of rotatable bonds is 6. The highest BCUT2D eigenvalue weighted by Gasteiger charge is 2.27. The molecule has 0 spiro atoms. The predicted octanol–water partition coefficient (Wildman–Crippen LogP) is 2.43. The van der Waals surface area contributed by atoms with Crippen molar-refractivity contribution in [3.63, 3.8) is 0 Å². The Labute approximate surface area is 120 Å². The van der Waals surface area contributed by atoms with E-state index in [1.165, 1.54) is 39.1 Å². The largest absolute Gasteiger partial charge is 0.312 e. The van der Waals surface area contributed by atoms with Crippen molar-refractivity contribution in [3.8, 4) is 0 Å². The first-order valence-electron chi connectivity index (χ1n) is 8.04. The number of hydrogen-bond donors (Lipinski definition) is 1. The summed E-state index contributed by atoms with van der Waals surface area (Å²) < 4.78 is 0. The summed E-state index contributed by atoms with van der Waals surface area (Å²) >= 11 is 0. The molecule has 0 aromatic rings. The van der Waals surface area contributed by atoms with Gasteiger partial charge in [-0.1, -0.05) is 27.7 Å². The molecule has 1 aliphatic rings. The minimum atomic E-state index is 0.338. The minimum Gasteiger partial charge on any atom is -0.312 e. The third-order valence-corrected chi connectivity index (χ3v) is 4.26. The van der Waals surface area contributed by atoms with Gasteiger partial charge in [0.05, 0.1) is 0 Å². The van der Waals surface area contributed by atoms with E-state index in [0.717, 1.165) is 6.54 Å². The lowest BCUT2D eigenvalue weighted by molar-refractivity contribution is 0.0860. The van der Waals surface area contributed by atoms with Gasteiger partial charge in [-0.25, -0.2) is 0 Å². The first-order chi connectivity index (χ1) is 8.84. The standard InChI is InChI=1S/C16H35N3/c1-7-8-17-15(16(4,5)6)13-18-9-11-19(12-10-18)14(2)3/h14-15,17H,7-13H2,1-6H3. The molecule has 1 saturated heterocycles. The fraction of sp³-hybridized carbons (Fsp3) is 1.00. The maximum absolute atomic E-state index is 3.74. The van der Waals surface area contributed by atoms with E-state index in [4.69, 9.17) is 0 Å². The predicted molar refractivity (Wildman–Crippen MR) is 84.7 cm³/mol. The zero-order valence-corrected chi connectivity index (χ0v) is 14.0. The van der Waals surface area contributed by atoms with Crippen LogP contribution in [-0.2, 0) is 0 Å². The molecule has 1 unspecified atom stereocenters. The second-order valence-electron chi connectivity index (χ2n) is 7.30. The van der Waals surface area contributed by atoms with E-state index in [9.17, 15) is 0 Å². The summed E-state index contributed by atoms with van der Waals surface area (Å²) in [7, 11) is 0. The van der Waals surface area contributed by atoms with Crippen molar-refractivity contribution < 1.29 is 0 Å². The third kappa shape index (κ3) is 5.80. The number of hydrogen-bond acceptors (Lipinski definition) is 3. The van der Waals surface area contributed by atoms with E-state index in [1.807, 2.05) is 0 Å². The zero-order chi connectivity index (χ0) is 14.5.